The van der Waals surface area contributed by atoms with Crippen molar-refractivity contribution >= 4 is 5.91 Å². The Morgan fingerprint density at radius 1 is 1.26 bits per heavy atom. The minimum Gasteiger partial charge on any atom is -0.381 e. The largest absolute Gasteiger partial charge is 0.381 e. The number of likely N-dealkylation sites (tertiary alicyclic amines) is 1. The quantitative estimate of drug-likeness (QED) is 0.724. The zero-order valence-electron chi connectivity index (χ0n) is 11.7. The minimum atomic E-state index is 0.0936. The Morgan fingerprint density at radius 3 is 2.89 bits per heavy atom. The fourth-order valence-corrected chi connectivity index (χ4v) is 3.52. The second-order valence-corrected chi connectivity index (χ2v) is 5.74. The standard InChI is InChI=1S/C14H24N2O3/c1-2-15-6-8-19-13-3-5-16(9-12(13)15)14(17)11-4-7-18-10-11/h11-13H,2-10H2,1H3/t11?,12-,13-/m1/s1. The molecule has 3 atom stereocenters. The lowest BCUT2D eigenvalue weighted by Gasteiger charge is -2.47. The van der Waals surface area contributed by atoms with Crippen molar-refractivity contribution in [3.05, 3.63) is 0 Å². The third-order valence-electron chi connectivity index (χ3n) is 4.70. The Kier molecular flexibility index (Phi) is 4.05. The normalized spacial score (nSPS) is 36.3. The van der Waals surface area contributed by atoms with E-state index in [1.54, 1.807) is 0 Å². The highest BCUT2D eigenvalue weighted by Crippen LogP contribution is 2.25. The fraction of sp³-hybridized carbons (Fsp3) is 0.929. The Balaban J connectivity index is 1.64. The number of rotatable bonds is 2. The van der Waals surface area contributed by atoms with Crippen molar-refractivity contribution < 1.29 is 14.3 Å². The lowest BCUT2D eigenvalue weighted by atomic mass is 9.97. The third kappa shape index (κ3) is 2.64. The third-order valence-corrected chi connectivity index (χ3v) is 4.70. The van der Waals surface area contributed by atoms with Crippen LogP contribution < -0.4 is 0 Å². The van der Waals surface area contributed by atoms with Gasteiger partial charge in [0.1, 0.15) is 0 Å². The van der Waals surface area contributed by atoms with Crippen LogP contribution in [0.15, 0.2) is 0 Å². The molecule has 0 aromatic carbocycles. The molecule has 3 fully saturated rings. The first kappa shape index (κ1) is 13.3. The Labute approximate surface area is 114 Å². The molecule has 3 rings (SSSR count). The van der Waals surface area contributed by atoms with Gasteiger partial charge in [0, 0.05) is 26.2 Å². The lowest BCUT2D eigenvalue weighted by Crippen LogP contribution is -2.61. The van der Waals surface area contributed by atoms with E-state index in [2.05, 4.69) is 11.8 Å². The van der Waals surface area contributed by atoms with E-state index in [4.69, 9.17) is 9.47 Å². The number of fused-ring (bicyclic) bond motifs is 1. The number of ether oxygens (including phenoxy) is 2. The molecule has 0 bridgehead atoms. The molecule has 0 aromatic rings. The van der Waals surface area contributed by atoms with Crippen molar-refractivity contribution in [2.24, 2.45) is 5.92 Å². The number of nitrogens with zero attached hydrogens (tertiary/aromatic N) is 2. The van der Waals surface area contributed by atoms with Gasteiger partial charge in [-0.25, -0.2) is 0 Å². The Morgan fingerprint density at radius 2 is 2.16 bits per heavy atom. The number of likely N-dealkylation sites (N-methyl/N-ethyl adjacent to an activating group) is 1. The van der Waals surface area contributed by atoms with Crippen LogP contribution in [-0.4, -0.2) is 73.9 Å². The summed E-state index contributed by atoms with van der Waals surface area (Å²) in [7, 11) is 0. The van der Waals surface area contributed by atoms with Crippen molar-refractivity contribution in [2.75, 3.05) is 46.0 Å². The second-order valence-electron chi connectivity index (χ2n) is 5.74. The monoisotopic (exact) mass is 268 g/mol. The van der Waals surface area contributed by atoms with Crippen molar-refractivity contribution in [2.45, 2.75) is 31.9 Å². The van der Waals surface area contributed by atoms with E-state index < -0.39 is 0 Å². The van der Waals surface area contributed by atoms with Gasteiger partial charge >= 0.3 is 0 Å². The lowest BCUT2D eigenvalue weighted by molar-refractivity contribution is -0.146. The SMILES string of the molecule is CCN1CCO[C@@H]2CCN(C(=O)C3CCOC3)C[C@H]21. The molecule has 1 unspecified atom stereocenters. The predicted molar refractivity (Wildman–Crippen MR) is 70.9 cm³/mol. The number of carbonyl (C=O) groups is 1. The van der Waals surface area contributed by atoms with Crippen LogP contribution in [0.2, 0.25) is 0 Å². The van der Waals surface area contributed by atoms with Crippen LogP contribution in [0.25, 0.3) is 0 Å². The second kappa shape index (κ2) is 5.77. The van der Waals surface area contributed by atoms with Crippen LogP contribution in [-0.2, 0) is 14.3 Å². The molecular formula is C14H24N2O3. The van der Waals surface area contributed by atoms with Crippen LogP contribution in [0.3, 0.4) is 0 Å². The van der Waals surface area contributed by atoms with Crippen LogP contribution in [0, 0.1) is 5.92 Å². The Hall–Kier alpha value is -0.650. The first-order valence-corrected chi connectivity index (χ1v) is 7.51. The molecule has 5 nitrogen and oxygen atoms in total. The summed E-state index contributed by atoms with van der Waals surface area (Å²) in [6.45, 7) is 8.07. The Bertz CT molecular complexity index is 325. The highest BCUT2D eigenvalue weighted by molar-refractivity contribution is 5.79. The molecule has 0 aromatic heterocycles. The molecule has 0 radical (unpaired) electrons. The van der Waals surface area contributed by atoms with Crippen LogP contribution in [0.1, 0.15) is 19.8 Å². The molecule has 0 spiro atoms. The van der Waals surface area contributed by atoms with Gasteiger partial charge in [-0.15, -0.1) is 0 Å². The smallest absolute Gasteiger partial charge is 0.228 e. The van der Waals surface area contributed by atoms with E-state index in [-0.39, 0.29) is 11.8 Å². The molecule has 108 valence electrons. The van der Waals surface area contributed by atoms with Crippen LogP contribution in [0.4, 0.5) is 0 Å². The maximum Gasteiger partial charge on any atom is 0.228 e. The van der Waals surface area contributed by atoms with Gasteiger partial charge in [0.05, 0.1) is 31.3 Å². The van der Waals surface area contributed by atoms with E-state index in [0.717, 1.165) is 52.2 Å². The van der Waals surface area contributed by atoms with Crippen molar-refractivity contribution in [3.63, 3.8) is 0 Å². The number of piperidine rings is 1. The van der Waals surface area contributed by atoms with E-state index in [9.17, 15) is 4.79 Å². The molecule has 5 heteroatoms. The maximum absolute atomic E-state index is 12.5. The number of amides is 1. The molecule has 3 aliphatic heterocycles. The van der Waals surface area contributed by atoms with E-state index in [1.807, 2.05) is 4.90 Å². The highest BCUT2D eigenvalue weighted by atomic mass is 16.5. The molecule has 3 heterocycles. The first-order chi connectivity index (χ1) is 9.29. The summed E-state index contributed by atoms with van der Waals surface area (Å²) < 4.78 is 11.2. The summed E-state index contributed by atoms with van der Waals surface area (Å²) in [6.07, 6.45) is 2.18. The van der Waals surface area contributed by atoms with Gasteiger partial charge in [-0.1, -0.05) is 6.92 Å². The predicted octanol–water partition coefficient (Wildman–Crippen LogP) is 0.345. The molecule has 1 amide bonds. The van der Waals surface area contributed by atoms with Gasteiger partial charge in [-0.05, 0) is 19.4 Å². The van der Waals surface area contributed by atoms with Gasteiger partial charge in [0.25, 0.3) is 0 Å². The fourth-order valence-electron chi connectivity index (χ4n) is 3.52. The molecule has 3 saturated heterocycles. The number of morpholine rings is 1. The molecular weight excluding hydrogens is 244 g/mol. The van der Waals surface area contributed by atoms with Crippen molar-refractivity contribution in [3.8, 4) is 0 Å². The minimum absolute atomic E-state index is 0.0936. The zero-order valence-corrected chi connectivity index (χ0v) is 11.7. The van der Waals surface area contributed by atoms with Crippen molar-refractivity contribution in [1.82, 2.24) is 9.80 Å². The molecule has 0 aliphatic carbocycles. The number of hydrogen-bond acceptors (Lipinski definition) is 4. The van der Waals surface area contributed by atoms with Gasteiger partial charge in [-0.3, -0.25) is 9.69 Å². The summed E-state index contributed by atoms with van der Waals surface area (Å²) in [4.78, 5) is 17.0. The summed E-state index contributed by atoms with van der Waals surface area (Å²) in [5.41, 5.74) is 0. The van der Waals surface area contributed by atoms with Crippen LogP contribution >= 0.6 is 0 Å². The van der Waals surface area contributed by atoms with E-state index >= 15 is 0 Å². The average Bonchev–Trinajstić information content (AvgIpc) is 2.99. The molecule has 0 N–H and O–H groups in total. The summed E-state index contributed by atoms with van der Waals surface area (Å²) >= 11 is 0. The summed E-state index contributed by atoms with van der Waals surface area (Å²) in [5.74, 6) is 0.383. The zero-order chi connectivity index (χ0) is 13.2. The molecule has 3 aliphatic rings. The highest BCUT2D eigenvalue weighted by Gasteiger charge is 2.39. The van der Waals surface area contributed by atoms with Gasteiger partial charge in [0.2, 0.25) is 5.91 Å². The number of carbonyl (C=O) groups excluding carboxylic acids is 1. The summed E-state index contributed by atoms with van der Waals surface area (Å²) in [6, 6.07) is 0.388. The van der Waals surface area contributed by atoms with Gasteiger partial charge in [-0.2, -0.15) is 0 Å². The number of hydrogen-bond donors (Lipinski definition) is 0. The maximum atomic E-state index is 12.5. The topological polar surface area (TPSA) is 42.0 Å². The van der Waals surface area contributed by atoms with Gasteiger partial charge in [0.15, 0.2) is 0 Å². The van der Waals surface area contributed by atoms with E-state index in [0.29, 0.717) is 18.8 Å². The summed E-state index contributed by atoms with van der Waals surface area (Å²) in [5, 5.41) is 0. The van der Waals surface area contributed by atoms with Crippen molar-refractivity contribution in [1.29, 1.82) is 0 Å². The molecule has 0 saturated carbocycles. The first-order valence-electron chi connectivity index (χ1n) is 7.51. The average molecular weight is 268 g/mol. The van der Waals surface area contributed by atoms with Gasteiger partial charge < -0.3 is 14.4 Å². The molecule has 19 heavy (non-hydrogen) atoms. The van der Waals surface area contributed by atoms with E-state index in [1.165, 1.54) is 0 Å². The van der Waals surface area contributed by atoms with Crippen LogP contribution in [0.5, 0.6) is 0 Å².